The molecule has 0 amide bonds. The number of benzene rings is 2. The summed E-state index contributed by atoms with van der Waals surface area (Å²) in [6, 6.07) is 13.8. The van der Waals surface area contributed by atoms with Crippen LogP contribution in [0.5, 0.6) is 11.5 Å². The van der Waals surface area contributed by atoms with Crippen molar-refractivity contribution in [2.24, 2.45) is 0 Å². The molecule has 0 saturated heterocycles. The molecule has 0 radical (unpaired) electrons. The van der Waals surface area contributed by atoms with E-state index in [4.69, 9.17) is 9.47 Å². The van der Waals surface area contributed by atoms with E-state index in [1.54, 1.807) is 0 Å². The Bertz CT molecular complexity index is 805. The zero-order chi connectivity index (χ0) is 18.4. The predicted octanol–water partition coefficient (Wildman–Crippen LogP) is 5.48. The van der Waals surface area contributed by atoms with E-state index in [9.17, 15) is 4.79 Å². The summed E-state index contributed by atoms with van der Waals surface area (Å²) in [5.74, 6) is 1.64. The van der Waals surface area contributed by atoms with Gasteiger partial charge in [-0.1, -0.05) is 43.7 Å². The van der Waals surface area contributed by atoms with Gasteiger partial charge in [0.05, 0.1) is 13.2 Å². The molecule has 3 heteroatoms. The zero-order valence-corrected chi connectivity index (χ0v) is 15.6. The minimum absolute atomic E-state index is 0.132. The standard InChI is InChI=1S/C23H26O3/c1-3-5-14-26-21-13-10-17(16-22(21)25-4-2)15-19-12-11-18-8-6-7-9-20(18)23(19)24/h6-10,13,15-16H,3-5,11-12,14H2,1-2H3. The van der Waals surface area contributed by atoms with Crippen molar-refractivity contribution in [1.82, 2.24) is 0 Å². The van der Waals surface area contributed by atoms with Gasteiger partial charge >= 0.3 is 0 Å². The summed E-state index contributed by atoms with van der Waals surface area (Å²) in [5.41, 5.74) is 3.80. The summed E-state index contributed by atoms with van der Waals surface area (Å²) in [6.07, 6.45) is 5.78. The summed E-state index contributed by atoms with van der Waals surface area (Å²) in [7, 11) is 0. The van der Waals surface area contributed by atoms with Gasteiger partial charge in [-0.05, 0) is 55.5 Å². The third kappa shape index (κ3) is 4.16. The molecule has 0 spiro atoms. The number of allylic oxidation sites excluding steroid dienone is 1. The first kappa shape index (κ1) is 18.2. The predicted molar refractivity (Wildman–Crippen MR) is 105 cm³/mol. The summed E-state index contributed by atoms with van der Waals surface area (Å²) < 4.78 is 11.6. The lowest BCUT2D eigenvalue weighted by Gasteiger charge is -2.17. The van der Waals surface area contributed by atoms with Gasteiger partial charge in [-0.2, -0.15) is 0 Å². The van der Waals surface area contributed by atoms with Crippen molar-refractivity contribution in [2.45, 2.75) is 39.5 Å². The number of Topliss-reactive ketones (excluding diaryl/α,β-unsaturated/α-hetero) is 1. The smallest absolute Gasteiger partial charge is 0.189 e. The first-order valence-corrected chi connectivity index (χ1v) is 9.45. The molecule has 0 fully saturated rings. The molecule has 0 heterocycles. The van der Waals surface area contributed by atoms with Crippen molar-refractivity contribution in [2.75, 3.05) is 13.2 Å². The molecule has 0 bridgehead atoms. The van der Waals surface area contributed by atoms with Crippen LogP contribution in [0.4, 0.5) is 0 Å². The second kappa shape index (κ2) is 8.70. The molecule has 136 valence electrons. The second-order valence-corrected chi connectivity index (χ2v) is 6.50. The number of carbonyl (C=O) groups is 1. The molecule has 0 saturated carbocycles. The van der Waals surface area contributed by atoms with Crippen LogP contribution in [0.3, 0.4) is 0 Å². The second-order valence-electron chi connectivity index (χ2n) is 6.50. The van der Waals surface area contributed by atoms with Crippen LogP contribution in [-0.4, -0.2) is 19.0 Å². The van der Waals surface area contributed by atoms with Gasteiger partial charge in [0, 0.05) is 11.1 Å². The molecule has 0 atom stereocenters. The van der Waals surface area contributed by atoms with Crippen molar-refractivity contribution in [3.63, 3.8) is 0 Å². The Labute approximate surface area is 155 Å². The van der Waals surface area contributed by atoms with Crippen LogP contribution in [0.15, 0.2) is 48.0 Å². The van der Waals surface area contributed by atoms with Crippen LogP contribution in [0.1, 0.15) is 54.6 Å². The number of hydrogen-bond donors (Lipinski definition) is 0. The number of aryl methyl sites for hydroxylation is 1. The summed E-state index contributed by atoms with van der Waals surface area (Å²) in [5, 5.41) is 0. The first-order chi connectivity index (χ1) is 12.7. The van der Waals surface area contributed by atoms with Crippen LogP contribution in [-0.2, 0) is 6.42 Å². The molecule has 0 N–H and O–H groups in total. The van der Waals surface area contributed by atoms with E-state index in [1.165, 1.54) is 0 Å². The third-order valence-corrected chi connectivity index (χ3v) is 4.58. The summed E-state index contributed by atoms with van der Waals surface area (Å²) in [6.45, 7) is 5.37. The number of ketones is 1. The SMILES string of the molecule is CCCCOc1ccc(C=C2CCc3ccccc3C2=O)cc1OCC. The monoisotopic (exact) mass is 350 g/mol. The molecule has 1 aliphatic rings. The normalized spacial score (nSPS) is 15.0. The van der Waals surface area contributed by atoms with E-state index in [1.807, 2.05) is 55.5 Å². The van der Waals surface area contributed by atoms with Gasteiger partial charge in [-0.3, -0.25) is 4.79 Å². The Hall–Kier alpha value is -2.55. The number of carbonyl (C=O) groups excluding carboxylic acids is 1. The van der Waals surface area contributed by atoms with Gasteiger partial charge in [0.1, 0.15) is 0 Å². The van der Waals surface area contributed by atoms with E-state index < -0.39 is 0 Å². The van der Waals surface area contributed by atoms with Gasteiger partial charge in [0.25, 0.3) is 0 Å². The van der Waals surface area contributed by atoms with Gasteiger partial charge in [0.2, 0.25) is 0 Å². The van der Waals surface area contributed by atoms with Crippen LogP contribution in [0.25, 0.3) is 6.08 Å². The Morgan fingerprint density at radius 1 is 1.00 bits per heavy atom. The van der Waals surface area contributed by atoms with Crippen molar-refractivity contribution >= 4 is 11.9 Å². The van der Waals surface area contributed by atoms with E-state index >= 15 is 0 Å². The molecule has 1 aliphatic carbocycles. The molecule has 26 heavy (non-hydrogen) atoms. The molecule has 0 aliphatic heterocycles. The van der Waals surface area contributed by atoms with Crippen molar-refractivity contribution < 1.29 is 14.3 Å². The largest absolute Gasteiger partial charge is 0.490 e. The Morgan fingerprint density at radius 3 is 2.65 bits per heavy atom. The first-order valence-electron chi connectivity index (χ1n) is 9.45. The highest BCUT2D eigenvalue weighted by molar-refractivity contribution is 6.13. The van der Waals surface area contributed by atoms with Crippen molar-refractivity contribution in [1.29, 1.82) is 0 Å². The molecule has 0 unspecified atom stereocenters. The fraction of sp³-hybridized carbons (Fsp3) is 0.348. The van der Waals surface area contributed by atoms with E-state index in [0.717, 1.165) is 59.4 Å². The molecule has 3 rings (SSSR count). The van der Waals surface area contributed by atoms with E-state index in [2.05, 4.69) is 6.92 Å². The highest BCUT2D eigenvalue weighted by Crippen LogP contribution is 2.31. The minimum Gasteiger partial charge on any atom is -0.490 e. The van der Waals surface area contributed by atoms with Crippen LogP contribution < -0.4 is 9.47 Å². The van der Waals surface area contributed by atoms with Gasteiger partial charge in [-0.15, -0.1) is 0 Å². The van der Waals surface area contributed by atoms with Crippen molar-refractivity contribution in [3.05, 3.63) is 64.7 Å². The fourth-order valence-electron chi connectivity index (χ4n) is 3.18. The lowest BCUT2D eigenvalue weighted by atomic mass is 9.86. The molecule has 0 aromatic heterocycles. The summed E-state index contributed by atoms with van der Waals surface area (Å²) >= 11 is 0. The topological polar surface area (TPSA) is 35.5 Å². The average molecular weight is 350 g/mol. The molecule has 3 nitrogen and oxygen atoms in total. The van der Waals surface area contributed by atoms with Crippen LogP contribution in [0.2, 0.25) is 0 Å². The maximum absolute atomic E-state index is 12.7. The number of unbranched alkanes of at least 4 members (excludes halogenated alkanes) is 1. The Kier molecular flexibility index (Phi) is 6.11. The highest BCUT2D eigenvalue weighted by atomic mass is 16.5. The lowest BCUT2D eigenvalue weighted by Crippen LogP contribution is -2.13. The van der Waals surface area contributed by atoms with E-state index in [-0.39, 0.29) is 5.78 Å². The number of hydrogen-bond acceptors (Lipinski definition) is 3. The lowest BCUT2D eigenvalue weighted by molar-refractivity contribution is 0.102. The molecule has 2 aromatic rings. The average Bonchev–Trinajstić information content (AvgIpc) is 2.66. The third-order valence-electron chi connectivity index (χ3n) is 4.58. The number of rotatable bonds is 7. The van der Waals surface area contributed by atoms with Gasteiger partial charge in [-0.25, -0.2) is 0 Å². The molecular weight excluding hydrogens is 324 g/mol. The Morgan fingerprint density at radius 2 is 1.85 bits per heavy atom. The van der Waals surface area contributed by atoms with Crippen LogP contribution >= 0.6 is 0 Å². The fourth-order valence-corrected chi connectivity index (χ4v) is 3.18. The van der Waals surface area contributed by atoms with E-state index in [0.29, 0.717) is 13.2 Å². The quantitative estimate of drug-likeness (QED) is 0.490. The summed E-state index contributed by atoms with van der Waals surface area (Å²) in [4.78, 5) is 12.7. The van der Waals surface area contributed by atoms with Gasteiger partial charge < -0.3 is 9.47 Å². The minimum atomic E-state index is 0.132. The highest BCUT2D eigenvalue weighted by Gasteiger charge is 2.21. The zero-order valence-electron chi connectivity index (χ0n) is 15.6. The maximum atomic E-state index is 12.7. The molecular formula is C23H26O3. The number of fused-ring (bicyclic) bond motifs is 1. The van der Waals surface area contributed by atoms with Crippen LogP contribution in [0, 0.1) is 0 Å². The molecule has 2 aromatic carbocycles. The maximum Gasteiger partial charge on any atom is 0.189 e. The Balaban J connectivity index is 1.84. The number of ether oxygens (including phenoxy) is 2. The van der Waals surface area contributed by atoms with Crippen molar-refractivity contribution in [3.8, 4) is 11.5 Å². The van der Waals surface area contributed by atoms with Gasteiger partial charge in [0.15, 0.2) is 17.3 Å².